The number of ether oxygens (including phenoxy) is 1. The minimum Gasteiger partial charge on any atom is -0.480 e. The lowest BCUT2D eigenvalue weighted by molar-refractivity contribution is -0.141. The average Bonchev–Trinajstić information content (AvgIpc) is 3.11. The molecule has 0 aliphatic rings. The van der Waals surface area contributed by atoms with Crippen molar-refractivity contribution in [3.8, 4) is 11.3 Å². The lowest BCUT2D eigenvalue weighted by atomic mass is 10.1. The number of rotatable bonds is 8. The van der Waals surface area contributed by atoms with Crippen molar-refractivity contribution in [2.75, 3.05) is 18.5 Å². The second-order valence-corrected chi connectivity index (χ2v) is 6.93. The van der Waals surface area contributed by atoms with Crippen LogP contribution in [-0.4, -0.2) is 51.5 Å². The monoisotopic (exact) mass is 424 g/mol. The van der Waals surface area contributed by atoms with Crippen LogP contribution in [0, 0.1) is 6.92 Å². The molecule has 9 heteroatoms. The van der Waals surface area contributed by atoms with Crippen molar-refractivity contribution < 1.29 is 24.2 Å². The van der Waals surface area contributed by atoms with E-state index in [1.54, 1.807) is 29.7 Å². The average molecular weight is 424 g/mol. The van der Waals surface area contributed by atoms with Gasteiger partial charge in [0.05, 0.1) is 12.2 Å². The summed E-state index contributed by atoms with van der Waals surface area (Å²) < 4.78 is 6.67. The van der Waals surface area contributed by atoms with E-state index in [0.717, 1.165) is 11.1 Å². The molecule has 9 nitrogen and oxygen atoms in total. The number of anilines is 1. The number of imidazole rings is 1. The van der Waals surface area contributed by atoms with Crippen molar-refractivity contribution >= 4 is 29.3 Å². The predicted molar refractivity (Wildman–Crippen MR) is 115 cm³/mol. The summed E-state index contributed by atoms with van der Waals surface area (Å²) in [6.07, 6.45) is 1.72. The molecule has 1 atom stereocenters. The van der Waals surface area contributed by atoms with Gasteiger partial charge in [0.25, 0.3) is 5.91 Å². The number of carbonyl (C=O) groups is 3. The normalized spacial score (nSPS) is 11.7. The smallest absolute Gasteiger partial charge is 0.325 e. The van der Waals surface area contributed by atoms with Crippen LogP contribution in [0.25, 0.3) is 16.9 Å². The third-order valence-corrected chi connectivity index (χ3v) is 4.72. The Bertz CT molecular complexity index is 1140. The van der Waals surface area contributed by atoms with Gasteiger partial charge in [-0.05, 0) is 38.5 Å². The van der Waals surface area contributed by atoms with Crippen LogP contribution in [0.4, 0.5) is 5.82 Å². The van der Waals surface area contributed by atoms with Gasteiger partial charge in [-0.3, -0.25) is 18.8 Å². The Morgan fingerprint density at radius 3 is 2.61 bits per heavy atom. The van der Waals surface area contributed by atoms with Crippen molar-refractivity contribution in [3.05, 3.63) is 53.7 Å². The van der Waals surface area contributed by atoms with E-state index in [1.165, 1.54) is 6.92 Å². The van der Waals surface area contributed by atoms with E-state index in [-0.39, 0.29) is 18.7 Å². The number of aryl methyl sites for hydroxylation is 1. The number of nitrogens with one attached hydrogen (secondary N) is 2. The molecule has 1 unspecified atom stereocenters. The molecule has 31 heavy (non-hydrogen) atoms. The van der Waals surface area contributed by atoms with E-state index >= 15 is 0 Å². The minimum atomic E-state index is -1.14. The summed E-state index contributed by atoms with van der Waals surface area (Å²) in [5, 5.41) is 14.6. The molecule has 0 spiro atoms. The molecular formula is C22H24N4O5. The number of aromatic nitrogens is 2. The highest BCUT2D eigenvalue weighted by Crippen LogP contribution is 2.32. The van der Waals surface area contributed by atoms with Gasteiger partial charge in [0.2, 0.25) is 0 Å². The van der Waals surface area contributed by atoms with Crippen LogP contribution in [0.15, 0.2) is 42.6 Å². The number of carbonyl (C=O) groups excluding carboxylic acids is 2. The SMILES string of the molecule is CCOC(=O)CNc1c(-c2ccccc2C)nc2c(C(=O)NC(C)C(=O)O)cccn12. The van der Waals surface area contributed by atoms with Crippen molar-refractivity contribution in [1.29, 1.82) is 0 Å². The zero-order valence-corrected chi connectivity index (χ0v) is 17.5. The van der Waals surface area contributed by atoms with Gasteiger partial charge in [-0.25, -0.2) is 4.98 Å². The van der Waals surface area contributed by atoms with Gasteiger partial charge in [0, 0.05) is 11.8 Å². The first-order valence-corrected chi connectivity index (χ1v) is 9.83. The summed E-state index contributed by atoms with van der Waals surface area (Å²) >= 11 is 0. The summed E-state index contributed by atoms with van der Waals surface area (Å²) in [5.74, 6) is -1.59. The maximum absolute atomic E-state index is 12.7. The van der Waals surface area contributed by atoms with E-state index in [0.29, 0.717) is 17.2 Å². The highest BCUT2D eigenvalue weighted by atomic mass is 16.5. The van der Waals surface area contributed by atoms with Crippen LogP contribution in [0.1, 0.15) is 29.8 Å². The van der Waals surface area contributed by atoms with Gasteiger partial charge in [-0.1, -0.05) is 24.3 Å². The summed E-state index contributed by atoms with van der Waals surface area (Å²) in [7, 11) is 0. The van der Waals surface area contributed by atoms with E-state index in [2.05, 4.69) is 15.6 Å². The minimum absolute atomic E-state index is 0.0764. The van der Waals surface area contributed by atoms with Crippen molar-refractivity contribution in [1.82, 2.24) is 14.7 Å². The van der Waals surface area contributed by atoms with Crippen molar-refractivity contribution in [3.63, 3.8) is 0 Å². The third-order valence-electron chi connectivity index (χ3n) is 4.72. The van der Waals surface area contributed by atoms with Gasteiger partial charge in [-0.2, -0.15) is 0 Å². The Labute approximate surface area is 179 Å². The number of nitrogens with zero attached hydrogens (tertiary/aromatic N) is 2. The van der Waals surface area contributed by atoms with Crippen LogP contribution >= 0.6 is 0 Å². The number of fused-ring (bicyclic) bond motifs is 1. The Hall–Kier alpha value is -3.88. The third kappa shape index (κ3) is 4.66. The number of hydrogen-bond donors (Lipinski definition) is 3. The number of esters is 1. The Kier molecular flexibility index (Phi) is 6.54. The molecule has 0 aliphatic heterocycles. The van der Waals surface area contributed by atoms with Crippen LogP contribution in [0.2, 0.25) is 0 Å². The fraction of sp³-hybridized carbons (Fsp3) is 0.273. The van der Waals surface area contributed by atoms with Gasteiger partial charge >= 0.3 is 11.9 Å². The predicted octanol–water partition coefficient (Wildman–Crippen LogP) is 2.49. The van der Waals surface area contributed by atoms with Crippen LogP contribution in [-0.2, 0) is 14.3 Å². The van der Waals surface area contributed by atoms with E-state index in [4.69, 9.17) is 9.84 Å². The second kappa shape index (κ2) is 9.29. The fourth-order valence-corrected chi connectivity index (χ4v) is 3.14. The first-order chi connectivity index (χ1) is 14.8. The van der Waals surface area contributed by atoms with Gasteiger partial charge in [0.1, 0.15) is 24.1 Å². The van der Waals surface area contributed by atoms with E-state index in [1.807, 2.05) is 31.2 Å². The molecule has 3 rings (SSSR count). The summed E-state index contributed by atoms with van der Waals surface area (Å²) in [4.78, 5) is 40.4. The maximum Gasteiger partial charge on any atom is 0.325 e. The number of carboxylic acid groups (broad SMARTS) is 1. The number of carboxylic acids is 1. The van der Waals surface area contributed by atoms with Gasteiger partial charge in [0.15, 0.2) is 5.65 Å². The Morgan fingerprint density at radius 2 is 1.94 bits per heavy atom. The standard InChI is InChI=1S/C22H24N4O5/c1-4-31-17(27)12-23-20-18(15-9-6-5-8-13(15)2)25-19-16(10-7-11-26(19)20)21(28)24-14(3)22(29)30/h5-11,14,23H,4,12H2,1-3H3,(H,24,28)(H,29,30). The molecule has 3 N–H and O–H groups in total. The summed E-state index contributed by atoms with van der Waals surface area (Å²) in [5.41, 5.74) is 2.92. The number of aliphatic carboxylic acids is 1. The van der Waals surface area contributed by atoms with Crippen LogP contribution < -0.4 is 10.6 Å². The largest absolute Gasteiger partial charge is 0.480 e. The maximum atomic E-state index is 12.7. The van der Waals surface area contributed by atoms with E-state index < -0.39 is 23.9 Å². The molecule has 3 aromatic rings. The molecule has 2 heterocycles. The van der Waals surface area contributed by atoms with Crippen molar-refractivity contribution in [2.24, 2.45) is 0 Å². The lowest BCUT2D eigenvalue weighted by Crippen LogP contribution is -2.38. The first-order valence-electron chi connectivity index (χ1n) is 9.83. The van der Waals surface area contributed by atoms with Crippen LogP contribution in [0.3, 0.4) is 0 Å². The Morgan fingerprint density at radius 1 is 1.19 bits per heavy atom. The number of amides is 1. The second-order valence-electron chi connectivity index (χ2n) is 6.93. The molecular weight excluding hydrogens is 400 g/mol. The van der Waals surface area contributed by atoms with Gasteiger partial charge in [-0.15, -0.1) is 0 Å². The number of hydrogen-bond acceptors (Lipinski definition) is 6. The molecule has 0 saturated heterocycles. The quantitative estimate of drug-likeness (QED) is 0.475. The molecule has 0 fully saturated rings. The molecule has 2 aromatic heterocycles. The molecule has 1 amide bonds. The highest BCUT2D eigenvalue weighted by Gasteiger charge is 2.22. The van der Waals surface area contributed by atoms with E-state index in [9.17, 15) is 14.4 Å². The zero-order valence-electron chi connectivity index (χ0n) is 17.5. The molecule has 162 valence electrons. The van der Waals surface area contributed by atoms with Gasteiger partial charge < -0.3 is 20.5 Å². The van der Waals surface area contributed by atoms with Crippen molar-refractivity contribution in [2.45, 2.75) is 26.8 Å². The number of pyridine rings is 1. The zero-order chi connectivity index (χ0) is 22.5. The Balaban J connectivity index is 2.11. The first kappa shape index (κ1) is 21.8. The molecule has 1 aromatic carbocycles. The van der Waals surface area contributed by atoms with Crippen LogP contribution in [0.5, 0.6) is 0 Å². The summed E-state index contributed by atoms with van der Waals surface area (Å²) in [6.45, 7) is 5.25. The molecule has 0 bridgehead atoms. The fourth-order valence-electron chi connectivity index (χ4n) is 3.14. The number of benzene rings is 1. The summed E-state index contributed by atoms with van der Waals surface area (Å²) in [6, 6.07) is 9.81. The highest BCUT2D eigenvalue weighted by molar-refractivity contribution is 6.02. The molecule has 0 saturated carbocycles. The molecule has 0 aliphatic carbocycles. The lowest BCUT2D eigenvalue weighted by Gasteiger charge is -2.11. The topological polar surface area (TPSA) is 122 Å². The molecule has 0 radical (unpaired) electrons.